The van der Waals surface area contributed by atoms with Gasteiger partial charge in [-0.05, 0) is 44.2 Å². The second-order valence-corrected chi connectivity index (χ2v) is 7.16. The van der Waals surface area contributed by atoms with Crippen molar-refractivity contribution in [3.8, 4) is 5.69 Å². The maximum Gasteiger partial charge on any atom is 0.253 e. The molecule has 1 heterocycles. The molecule has 7 nitrogen and oxygen atoms in total. The fraction of sp³-hybridized carbons (Fsp3) is 0.238. The third kappa shape index (κ3) is 5.23. The van der Waals surface area contributed by atoms with Gasteiger partial charge in [0.2, 0.25) is 5.91 Å². The fourth-order valence-electron chi connectivity index (χ4n) is 2.84. The topological polar surface area (TPSA) is 80.1 Å². The molecule has 0 unspecified atom stereocenters. The van der Waals surface area contributed by atoms with Crippen molar-refractivity contribution in [1.82, 2.24) is 19.7 Å². The molecule has 0 fully saturated rings. The Kier molecular flexibility index (Phi) is 7.02. The van der Waals surface area contributed by atoms with Crippen LogP contribution in [0.15, 0.2) is 66.1 Å². The summed E-state index contributed by atoms with van der Waals surface area (Å²) in [5.41, 5.74) is 2.09. The molecule has 0 aliphatic heterocycles. The summed E-state index contributed by atoms with van der Waals surface area (Å²) in [6, 6.07) is 16.7. The van der Waals surface area contributed by atoms with Crippen molar-refractivity contribution in [1.29, 1.82) is 0 Å². The van der Waals surface area contributed by atoms with Crippen LogP contribution in [-0.2, 0) is 4.79 Å². The van der Waals surface area contributed by atoms with Gasteiger partial charge >= 0.3 is 0 Å². The molecule has 29 heavy (non-hydrogen) atoms. The molecule has 150 valence electrons. The third-order valence-corrected chi connectivity index (χ3v) is 5.27. The summed E-state index contributed by atoms with van der Waals surface area (Å²) >= 11 is 1.30. The van der Waals surface area contributed by atoms with Gasteiger partial charge in [0.25, 0.3) is 5.91 Å². The minimum absolute atomic E-state index is 0.0450. The number of hydrogen-bond donors (Lipinski definition) is 1. The zero-order valence-electron chi connectivity index (χ0n) is 16.4. The molecule has 0 aliphatic carbocycles. The van der Waals surface area contributed by atoms with Gasteiger partial charge in [0, 0.05) is 30.0 Å². The average molecular weight is 410 g/mol. The smallest absolute Gasteiger partial charge is 0.253 e. The van der Waals surface area contributed by atoms with E-state index in [9.17, 15) is 9.59 Å². The monoisotopic (exact) mass is 409 g/mol. The van der Waals surface area contributed by atoms with Gasteiger partial charge in [-0.1, -0.05) is 36.0 Å². The second-order valence-electron chi connectivity index (χ2n) is 6.21. The number of hydrogen-bond acceptors (Lipinski definition) is 5. The van der Waals surface area contributed by atoms with Gasteiger partial charge in [-0.3, -0.25) is 14.2 Å². The predicted molar refractivity (Wildman–Crippen MR) is 114 cm³/mol. The van der Waals surface area contributed by atoms with Gasteiger partial charge in [-0.25, -0.2) is 0 Å². The van der Waals surface area contributed by atoms with Gasteiger partial charge in [0.05, 0.1) is 5.75 Å². The van der Waals surface area contributed by atoms with E-state index in [2.05, 4.69) is 15.5 Å². The number of benzene rings is 2. The number of amides is 2. The Morgan fingerprint density at radius 3 is 2.55 bits per heavy atom. The summed E-state index contributed by atoms with van der Waals surface area (Å²) in [5.74, 6) is -0.0405. The van der Waals surface area contributed by atoms with Crippen LogP contribution >= 0.6 is 11.8 Å². The van der Waals surface area contributed by atoms with Crippen LogP contribution in [-0.4, -0.2) is 50.3 Å². The molecule has 3 rings (SSSR count). The summed E-state index contributed by atoms with van der Waals surface area (Å²) < 4.78 is 1.83. The SMILES string of the molecule is CCN(CC)C(=O)c1cccc(NC(=O)CSc2nncn2-c2ccccc2)c1. The van der Waals surface area contributed by atoms with E-state index in [1.807, 2.05) is 48.7 Å². The maximum atomic E-state index is 12.5. The van der Waals surface area contributed by atoms with Crippen molar-refractivity contribution < 1.29 is 9.59 Å². The quantitative estimate of drug-likeness (QED) is 0.576. The number of thioether (sulfide) groups is 1. The van der Waals surface area contributed by atoms with E-state index >= 15 is 0 Å². The molecule has 3 aromatic rings. The molecule has 0 aliphatic rings. The lowest BCUT2D eigenvalue weighted by Crippen LogP contribution is -2.30. The van der Waals surface area contributed by atoms with Gasteiger partial charge < -0.3 is 10.2 Å². The molecule has 8 heteroatoms. The van der Waals surface area contributed by atoms with Gasteiger partial charge in [-0.2, -0.15) is 0 Å². The van der Waals surface area contributed by atoms with Crippen LogP contribution in [0.3, 0.4) is 0 Å². The molecule has 2 aromatic carbocycles. The number of rotatable bonds is 8. The number of nitrogens with zero attached hydrogens (tertiary/aromatic N) is 4. The molecule has 1 N–H and O–H groups in total. The molecule has 0 spiro atoms. The van der Waals surface area contributed by atoms with Crippen LogP contribution in [0.5, 0.6) is 0 Å². The summed E-state index contributed by atoms with van der Waals surface area (Å²) in [6.07, 6.45) is 1.62. The fourth-order valence-corrected chi connectivity index (χ4v) is 3.57. The Morgan fingerprint density at radius 2 is 1.83 bits per heavy atom. The number of carbonyl (C=O) groups is 2. The van der Waals surface area contributed by atoms with E-state index < -0.39 is 0 Å². The highest BCUT2D eigenvalue weighted by Gasteiger charge is 2.14. The van der Waals surface area contributed by atoms with E-state index in [4.69, 9.17) is 0 Å². The summed E-state index contributed by atoms with van der Waals surface area (Å²) in [7, 11) is 0. The lowest BCUT2D eigenvalue weighted by molar-refractivity contribution is -0.113. The Hall–Kier alpha value is -3.13. The van der Waals surface area contributed by atoms with E-state index in [1.165, 1.54) is 11.8 Å². The zero-order chi connectivity index (χ0) is 20.6. The normalized spacial score (nSPS) is 10.6. The largest absolute Gasteiger partial charge is 0.339 e. The maximum absolute atomic E-state index is 12.5. The molecule has 0 radical (unpaired) electrons. The first kappa shape index (κ1) is 20.6. The zero-order valence-corrected chi connectivity index (χ0v) is 17.2. The van der Waals surface area contributed by atoms with Crippen LogP contribution in [0.25, 0.3) is 5.69 Å². The van der Waals surface area contributed by atoms with Crippen molar-refractivity contribution >= 4 is 29.3 Å². The number of anilines is 1. The molecule has 0 atom stereocenters. The highest BCUT2D eigenvalue weighted by molar-refractivity contribution is 7.99. The predicted octanol–water partition coefficient (Wildman–Crippen LogP) is 3.48. The van der Waals surface area contributed by atoms with Crippen molar-refractivity contribution in [3.63, 3.8) is 0 Å². The van der Waals surface area contributed by atoms with Crippen molar-refractivity contribution in [2.75, 3.05) is 24.2 Å². The first-order valence-electron chi connectivity index (χ1n) is 9.39. The summed E-state index contributed by atoms with van der Waals surface area (Å²) in [5, 5.41) is 11.5. The van der Waals surface area contributed by atoms with Gasteiger partial charge in [0.15, 0.2) is 5.16 Å². The Labute approximate surface area is 174 Å². The average Bonchev–Trinajstić information content (AvgIpc) is 3.22. The van der Waals surface area contributed by atoms with Crippen LogP contribution in [0.2, 0.25) is 0 Å². The van der Waals surface area contributed by atoms with Gasteiger partial charge in [0.1, 0.15) is 6.33 Å². The Morgan fingerprint density at radius 1 is 1.07 bits per heavy atom. The first-order chi connectivity index (χ1) is 14.1. The van der Waals surface area contributed by atoms with E-state index in [-0.39, 0.29) is 17.6 Å². The molecule has 0 saturated carbocycles. The third-order valence-electron chi connectivity index (χ3n) is 4.33. The summed E-state index contributed by atoms with van der Waals surface area (Å²) in [4.78, 5) is 26.6. The second kappa shape index (κ2) is 9.88. The van der Waals surface area contributed by atoms with Crippen molar-refractivity contribution in [2.45, 2.75) is 19.0 Å². The Balaban J connectivity index is 1.62. The van der Waals surface area contributed by atoms with Crippen LogP contribution < -0.4 is 5.32 Å². The number of carbonyl (C=O) groups excluding carboxylic acids is 2. The highest BCUT2D eigenvalue weighted by Crippen LogP contribution is 2.20. The Bertz CT molecular complexity index is 970. The van der Waals surface area contributed by atoms with Crippen molar-refractivity contribution in [3.05, 3.63) is 66.5 Å². The minimum atomic E-state index is -0.176. The number of para-hydroxylation sites is 1. The van der Waals surface area contributed by atoms with E-state index in [1.54, 1.807) is 35.5 Å². The lowest BCUT2D eigenvalue weighted by atomic mass is 10.1. The first-order valence-corrected chi connectivity index (χ1v) is 10.4. The van der Waals surface area contributed by atoms with E-state index in [0.29, 0.717) is 29.5 Å². The highest BCUT2D eigenvalue weighted by atomic mass is 32.2. The minimum Gasteiger partial charge on any atom is -0.339 e. The molecular weight excluding hydrogens is 386 g/mol. The molecule has 2 amide bonds. The number of nitrogens with one attached hydrogen (secondary N) is 1. The summed E-state index contributed by atoms with van der Waals surface area (Å²) in [6.45, 7) is 5.17. The molecular formula is C21H23N5O2S. The lowest BCUT2D eigenvalue weighted by Gasteiger charge is -2.19. The standard InChI is InChI=1S/C21H23N5O2S/c1-3-25(4-2)20(28)16-9-8-10-17(13-16)23-19(27)14-29-21-24-22-15-26(21)18-11-6-5-7-12-18/h5-13,15H,3-4,14H2,1-2H3,(H,23,27). The van der Waals surface area contributed by atoms with Crippen LogP contribution in [0.4, 0.5) is 5.69 Å². The van der Waals surface area contributed by atoms with Crippen LogP contribution in [0, 0.1) is 0 Å². The van der Waals surface area contributed by atoms with Crippen LogP contribution in [0.1, 0.15) is 24.2 Å². The van der Waals surface area contributed by atoms with Gasteiger partial charge in [-0.15, -0.1) is 10.2 Å². The number of aromatic nitrogens is 3. The molecule has 1 aromatic heterocycles. The molecule has 0 saturated heterocycles. The molecule has 0 bridgehead atoms. The van der Waals surface area contributed by atoms with E-state index in [0.717, 1.165) is 5.69 Å². The van der Waals surface area contributed by atoms with Crippen molar-refractivity contribution in [2.24, 2.45) is 0 Å².